The molecule has 1 aromatic heterocycles. The maximum Gasteiger partial charge on any atom is 0.161 e. The lowest BCUT2D eigenvalue weighted by Crippen LogP contribution is -2.42. The summed E-state index contributed by atoms with van der Waals surface area (Å²) in [6, 6.07) is 12.1. The molecule has 1 aliphatic heterocycles. The molecule has 2 aromatic rings. The SMILES string of the molecule is OCC1CCCCN1c1ccnc(-c2ccccc2)n1. The predicted octanol–water partition coefficient (Wildman–Crippen LogP) is 2.49. The molecule has 1 aromatic carbocycles. The van der Waals surface area contributed by atoms with E-state index in [1.54, 1.807) is 6.20 Å². The number of rotatable bonds is 3. The molecule has 20 heavy (non-hydrogen) atoms. The van der Waals surface area contributed by atoms with Gasteiger partial charge >= 0.3 is 0 Å². The second-order valence-corrected chi connectivity index (χ2v) is 5.13. The molecule has 4 nitrogen and oxygen atoms in total. The van der Waals surface area contributed by atoms with Gasteiger partial charge in [-0.2, -0.15) is 0 Å². The van der Waals surface area contributed by atoms with E-state index in [-0.39, 0.29) is 12.6 Å². The van der Waals surface area contributed by atoms with Crippen LogP contribution in [0.5, 0.6) is 0 Å². The predicted molar refractivity (Wildman–Crippen MR) is 79.5 cm³/mol. The molecular weight excluding hydrogens is 250 g/mol. The Balaban J connectivity index is 1.91. The van der Waals surface area contributed by atoms with Gasteiger partial charge in [0, 0.05) is 18.3 Å². The van der Waals surface area contributed by atoms with Crippen molar-refractivity contribution in [3.8, 4) is 11.4 Å². The van der Waals surface area contributed by atoms with Gasteiger partial charge in [-0.15, -0.1) is 0 Å². The number of nitrogens with zero attached hydrogens (tertiary/aromatic N) is 3. The zero-order chi connectivity index (χ0) is 13.8. The summed E-state index contributed by atoms with van der Waals surface area (Å²) in [6.45, 7) is 1.14. The van der Waals surface area contributed by atoms with E-state index < -0.39 is 0 Å². The molecule has 0 radical (unpaired) electrons. The lowest BCUT2D eigenvalue weighted by molar-refractivity contribution is 0.239. The van der Waals surface area contributed by atoms with Crippen LogP contribution in [-0.2, 0) is 0 Å². The molecule has 1 N–H and O–H groups in total. The average molecular weight is 269 g/mol. The van der Waals surface area contributed by atoms with Crippen molar-refractivity contribution in [3.05, 3.63) is 42.6 Å². The Morgan fingerprint density at radius 2 is 2.00 bits per heavy atom. The molecular formula is C16H19N3O. The first-order chi connectivity index (χ1) is 9.88. The zero-order valence-corrected chi connectivity index (χ0v) is 11.4. The summed E-state index contributed by atoms with van der Waals surface area (Å²) in [4.78, 5) is 11.2. The van der Waals surface area contributed by atoms with E-state index in [1.807, 2.05) is 36.4 Å². The van der Waals surface area contributed by atoms with Crippen molar-refractivity contribution in [2.24, 2.45) is 0 Å². The van der Waals surface area contributed by atoms with Crippen LogP contribution in [0.1, 0.15) is 19.3 Å². The molecule has 1 unspecified atom stereocenters. The van der Waals surface area contributed by atoms with Crippen LogP contribution in [0, 0.1) is 0 Å². The van der Waals surface area contributed by atoms with Crippen LogP contribution in [0.15, 0.2) is 42.6 Å². The van der Waals surface area contributed by atoms with E-state index >= 15 is 0 Å². The molecule has 0 spiro atoms. The van der Waals surface area contributed by atoms with Crippen molar-refractivity contribution in [1.29, 1.82) is 0 Å². The molecule has 1 atom stereocenters. The topological polar surface area (TPSA) is 49.2 Å². The first kappa shape index (κ1) is 13.1. The van der Waals surface area contributed by atoms with E-state index in [2.05, 4.69) is 14.9 Å². The number of aromatic nitrogens is 2. The number of aliphatic hydroxyl groups excluding tert-OH is 1. The third-order valence-electron chi connectivity index (χ3n) is 3.81. The first-order valence-electron chi connectivity index (χ1n) is 7.14. The molecule has 104 valence electrons. The Hall–Kier alpha value is -1.94. The second-order valence-electron chi connectivity index (χ2n) is 5.13. The van der Waals surface area contributed by atoms with Gasteiger partial charge in [-0.25, -0.2) is 9.97 Å². The van der Waals surface area contributed by atoms with Crippen LogP contribution in [-0.4, -0.2) is 34.3 Å². The molecule has 4 heteroatoms. The van der Waals surface area contributed by atoms with Crippen LogP contribution in [0.2, 0.25) is 0 Å². The van der Waals surface area contributed by atoms with E-state index in [9.17, 15) is 5.11 Å². The van der Waals surface area contributed by atoms with Crippen molar-refractivity contribution < 1.29 is 5.11 Å². The van der Waals surface area contributed by atoms with Crippen molar-refractivity contribution >= 4 is 5.82 Å². The zero-order valence-electron chi connectivity index (χ0n) is 11.4. The molecule has 2 heterocycles. The summed E-state index contributed by atoms with van der Waals surface area (Å²) >= 11 is 0. The van der Waals surface area contributed by atoms with E-state index in [0.29, 0.717) is 0 Å². The average Bonchev–Trinajstić information content (AvgIpc) is 2.56. The fraction of sp³-hybridized carbons (Fsp3) is 0.375. The Bertz CT molecular complexity index is 559. The van der Waals surface area contributed by atoms with Crippen LogP contribution in [0.3, 0.4) is 0 Å². The van der Waals surface area contributed by atoms with Crippen molar-refractivity contribution in [3.63, 3.8) is 0 Å². The first-order valence-corrected chi connectivity index (χ1v) is 7.14. The molecule has 1 saturated heterocycles. The van der Waals surface area contributed by atoms with Gasteiger partial charge in [0.1, 0.15) is 5.82 Å². The molecule has 0 bridgehead atoms. The maximum absolute atomic E-state index is 9.52. The van der Waals surface area contributed by atoms with E-state index in [0.717, 1.165) is 36.6 Å². The summed E-state index contributed by atoms with van der Waals surface area (Å²) in [5.41, 5.74) is 1.02. The van der Waals surface area contributed by atoms with Gasteiger partial charge in [0.15, 0.2) is 5.82 Å². The van der Waals surface area contributed by atoms with Gasteiger partial charge in [-0.3, -0.25) is 0 Å². The lowest BCUT2D eigenvalue weighted by Gasteiger charge is -2.35. The summed E-state index contributed by atoms with van der Waals surface area (Å²) in [5.74, 6) is 1.66. The molecule has 1 fully saturated rings. The second kappa shape index (κ2) is 6.01. The Morgan fingerprint density at radius 1 is 1.15 bits per heavy atom. The minimum absolute atomic E-state index is 0.183. The van der Waals surface area contributed by atoms with Crippen LogP contribution < -0.4 is 4.90 Å². The highest BCUT2D eigenvalue weighted by molar-refractivity contribution is 5.57. The number of piperidine rings is 1. The van der Waals surface area contributed by atoms with Gasteiger partial charge in [0.05, 0.1) is 12.6 Å². The number of anilines is 1. The molecule has 0 saturated carbocycles. The fourth-order valence-electron chi connectivity index (χ4n) is 2.73. The van der Waals surface area contributed by atoms with E-state index in [1.165, 1.54) is 6.42 Å². The highest BCUT2D eigenvalue weighted by Gasteiger charge is 2.23. The number of hydrogen-bond acceptors (Lipinski definition) is 4. The molecule has 1 aliphatic rings. The van der Waals surface area contributed by atoms with Crippen LogP contribution in [0.25, 0.3) is 11.4 Å². The third kappa shape index (κ3) is 2.65. The normalized spacial score (nSPS) is 19.1. The molecule has 3 rings (SSSR count). The smallest absolute Gasteiger partial charge is 0.161 e. The fourth-order valence-corrected chi connectivity index (χ4v) is 2.73. The van der Waals surface area contributed by atoms with Crippen molar-refractivity contribution in [1.82, 2.24) is 9.97 Å². The highest BCUT2D eigenvalue weighted by Crippen LogP contribution is 2.24. The summed E-state index contributed by atoms with van der Waals surface area (Å²) in [5, 5.41) is 9.52. The Labute approximate surface area is 119 Å². The lowest BCUT2D eigenvalue weighted by atomic mass is 10.0. The largest absolute Gasteiger partial charge is 0.394 e. The molecule has 0 amide bonds. The van der Waals surface area contributed by atoms with Crippen LogP contribution in [0.4, 0.5) is 5.82 Å². The van der Waals surface area contributed by atoms with Gasteiger partial charge in [0.2, 0.25) is 0 Å². The van der Waals surface area contributed by atoms with Gasteiger partial charge < -0.3 is 10.0 Å². The van der Waals surface area contributed by atoms with Crippen LogP contribution >= 0.6 is 0 Å². The minimum Gasteiger partial charge on any atom is -0.394 e. The highest BCUT2D eigenvalue weighted by atomic mass is 16.3. The monoisotopic (exact) mass is 269 g/mol. The Morgan fingerprint density at radius 3 is 2.80 bits per heavy atom. The molecule has 0 aliphatic carbocycles. The van der Waals surface area contributed by atoms with Gasteiger partial charge in [-0.1, -0.05) is 30.3 Å². The van der Waals surface area contributed by atoms with Crippen molar-refractivity contribution in [2.45, 2.75) is 25.3 Å². The number of benzene rings is 1. The quantitative estimate of drug-likeness (QED) is 0.930. The van der Waals surface area contributed by atoms with Gasteiger partial charge in [0.25, 0.3) is 0 Å². The number of aliphatic hydroxyl groups is 1. The summed E-state index contributed by atoms with van der Waals surface area (Å²) < 4.78 is 0. The van der Waals surface area contributed by atoms with Gasteiger partial charge in [-0.05, 0) is 25.3 Å². The maximum atomic E-state index is 9.52. The third-order valence-corrected chi connectivity index (χ3v) is 3.81. The van der Waals surface area contributed by atoms with Crippen molar-refractivity contribution in [2.75, 3.05) is 18.1 Å². The Kier molecular flexibility index (Phi) is 3.92. The summed E-state index contributed by atoms with van der Waals surface area (Å²) in [6.07, 6.45) is 5.16. The minimum atomic E-state index is 0.183. The standard InChI is InChI=1S/C16H19N3O/c20-12-14-8-4-5-11-19(14)15-9-10-17-16(18-15)13-6-2-1-3-7-13/h1-3,6-7,9-10,14,20H,4-5,8,11-12H2. The van der Waals surface area contributed by atoms with E-state index in [4.69, 9.17) is 0 Å². The number of hydrogen-bond donors (Lipinski definition) is 1. The summed E-state index contributed by atoms with van der Waals surface area (Å²) in [7, 11) is 0.